The van der Waals surface area contributed by atoms with E-state index in [1.807, 2.05) is 6.07 Å². The van der Waals surface area contributed by atoms with Crippen LogP contribution in [0.1, 0.15) is 0 Å². The number of rotatable bonds is 1. The summed E-state index contributed by atoms with van der Waals surface area (Å²) >= 11 is 0. The van der Waals surface area contributed by atoms with E-state index in [1.54, 1.807) is 18.6 Å². The molecule has 0 saturated carbocycles. The van der Waals surface area contributed by atoms with Crippen LogP contribution in [0.2, 0.25) is 0 Å². The van der Waals surface area contributed by atoms with Crippen molar-refractivity contribution < 1.29 is 32.7 Å². The van der Waals surface area contributed by atoms with Crippen molar-refractivity contribution in [3.05, 3.63) is 43.1 Å². The normalized spacial score (nSPS) is 8.92. The molecule has 13 heavy (non-hydrogen) atoms. The Labute approximate surface area is 102 Å². The van der Waals surface area contributed by atoms with E-state index in [2.05, 4.69) is 27.1 Å². The first-order valence-electron chi connectivity index (χ1n) is 3.46. The summed E-state index contributed by atoms with van der Waals surface area (Å²) in [6, 6.07) is 7.69. The van der Waals surface area contributed by atoms with Crippen LogP contribution in [0.15, 0.2) is 31.0 Å². The Morgan fingerprint density at radius 3 is 2.54 bits per heavy atom. The minimum absolute atomic E-state index is 0. The molecule has 0 aliphatic heterocycles. The van der Waals surface area contributed by atoms with Crippen molar-refractivity contribution in [1.82, 2.24) is 15.0 Å². The monoisotopic (exact) mass is 244 g/mol. The van der Waals surface area contributed by atoms with Crippen LogP contribution >= 0.6 is 0 Å². The molecule has 2 heterocycles. The van der Waals surface area contributed by atoms with Crippen molar-refractivity contribution in [2.75, 3.05) is 0 Å². The van der Waals surface area contributed by atoms with E-state index in [1.165, 1.54) is 6.33 Å². The third-order valence-corrected chi connectivity index (χ3v) is 1.41. The average molecular weight is 244 g/mol. The van der Waals surface area contributed by atoms with Gasteiger partial charge in [-0.05, 0) is 6.20 Å². The molecule has 3 nitrogen and oxygen atoms in total. The summed E-state index contributed by atoms with van der Waals surface area (Å²) < 4.78 is 0. The van der Waals surface area contributed by atoms with E-state index < -0.39 is 0 Å². The van der Waals surface area contributed by atoms with Gasteiger partial charge in [-0.25, -0.2) is 11.8 Å². The molecule has 2 rings (SSSR count). The third-order valence-electron chi connectivity index (χ3n) is 1.41. The topological polar surface area (TPSA) is 38.7 Å². The molecular weight excluding hydrogens is 239 g/mol. The van der Waals surface area contributed by atoms with Crippen LogP contribution in [0.5, 0.6) is 0 Å². The molecule has 0 bridgehead atoms. The van der Waals surface area contributed by atoms with E-state index in [4.69, 9.17) is 0 Å². The number of nitrogens with zero attached hydrogens (tertiary/aromatic N) is 3. The second kappa shape index (κ2) is 5.15. The number of aromatic nitrogens is 3. The molecule has 0 amide bonds. The molecule has 0 spiro atoms. The van der Waals surface area contributed by atoms with E-state index in [0.717, 1.165) is 11.3 Å². The molecule has 0 aliphatic carbocycles. The van der Waals surface area contributed by atoms with Crippen molar-refractivity contribution >= 4 is 0 Å². The Balaban J connectivity index is 0.000000845. The fourth-order valence-corrected chi connectivity index (χ4v) is 0.870. The molecule has 0 fully saturated rings. The second-order valence-electron chi connectivity index (χ2n) is 2.17. The molecule has 2 aromatic rings. The Hall–Kier alpha value is -0.666. The minimum Gasteiger partial charge on any atom is -0.341 e. The summed E-state index contributed by atoms with van der Waals surface area (Å²) in [6.07, 6.45) is 6.36. The molecule has 0 aliphatic rings. The van der Waals surface area contributed by atoms with Crippen molar-refractivity contribution in [1.29, 1.82) is 0 Å². The van der Waals surface area contributed by atoms with Gasteiger partial charge in [-0.3, -0.25) is 22.1 Å². The second-order valence-corrected chi connectivity index (χ2v) is 2.17. The van der Waals surface area contributed by atoms with Crippen LogP contribution in [0, 0.1) is 12.1 Å². The fraction of sp³-hybridized carbons (Fsp3) is 0. The molecule has 0 aromatic carbocycles. The maximum absolute atomic E-state index is 4.02. The SMILES string of the molecule is [Y].[c-]1cnccc1-c1[c-]cncn1. The summed E-state index contributed by atoms with van der Waals surface area (Å²) in [7, 11) is 0. The van der Waals surface area contributed by atoms with Gasteiger partial charge in [-0.15, -0.1) is 0 Å². The van der Waals surface area contributed by atoms with Gasteiger partial charge in [0.2, 0.25) is 0 Å². The van der Waals surface area contributed by atoms with Gasteiger partial charge in [0.05, 0.1) is 6.33 Å². The molecule has 0 saturated heterocycles. The first-order valence-corrected chi connectivity index (χ1v) is 3.46. The zero-order valence-corrected chi connectivity index (χ0v) is 9.64. The van der Waals surface area contributed by atoms with Gasteiger partial charge in [0.1, 0.15) is 0 Å². The Bertz CT molecular complexity index is 312. The van der Waals surface area contributed by atoms with Gasteiger partial charge in [-0.1, -0.05) is 12.4 Å². The first-order chi connectivity index (χ1) is 5.97. The van der Waals surface area contributed by atoms with Crippen molar-refractivity contribution in [2.45, 2.75) is 0 Å². The maximum Gasteiger partial charge on any atom is 0.0972 e. The predicted octanol–water partition coefficient (Wildman–Crippen LogP) is 1.14. The van der Waals surface area contributed by atoms with Gasteiger partial charge in [-0.2, -0.15) is 0 Å². The molecule has 4 heteroatoms. The van der Waals surface area contributed by atoms with Crippen LogP contribution in [0.3, 0.4) is 0 Å². The van der Waals surface area contributed by atoms with Gasteiger partial charge >= 0.3 is 0 Å². The zero-order valence-electron chi connectivity index (χ0n) is 6.81. The van der Waals surface area contributed by atoms with Crippen molar-refractivity contribution in [3.63, 3.8) is 0 Å². The Kier molecular flexibility index (Phi) is 4.12. The van der Waals surface area contributed by atoms with E-state index in [-0.39, 0.29) is 32.7 Å². The van der Waals surface area contributed by atoms with Crippen LogP contribution in [-0.4, -0.2) is 15.0 Å². The van der Waals surface area contributed by atoms with Gasteiger partial charge in [0, 0.05) is 32.7 Å². The Morgan fingerprint density at radius 2 is 1.92 bits per heavy atom. The number of hydrogen-bond acceptors (Lipinski definition) is 3. The molecule has 0 unspecified atom stereocenters. The quantitative estimate of drug-likeness (QED) is 0.706. The average Bonchev–Trinajstić information content (AvgIpc) is 2.21. The van der Waals surface area contributed by atoms with Gasteiger partial charge < -0.3 is 10.5 Å². The van der Waals surface area contributed by atoms with Crippen LogP contribution in [0.25, 0.3) is 11.3 Å². The Morgan fingerprint density at radius 1 is 1.08 bits per heavy atom. The molecule has 2 aromatic heterocycles. The maximum atomic E-state index is 4.02. The van der Waals surface area contributed by atoms with Crippen molar-refractivity contribution in [3.8, 4) is 11.3 Å². The van der Waals surface area contributed by atoms with Gasteiger partial charge in [0.15, 0.2) is 0 Å². The van der Waals surface area contributed by atoms with Gasteiger partial charge in [0.25, 0.3) is 0 Å². The van der Waals surface area contributed by atoms with Crippen molar-refractivity contribution in [2.24, 2.45) is 0 Å². The number of hydrogen-bond donors (Lipinski definition) is 0. The largest absolute Gasteiger partial charge is 0.341 e. The first kappa shape index (κ1) is 10.4. The summed E-state index contributed by atoms with van der Waals surface area (Å²) in [5.74, 6) is 0. The van der Waals surface area contributed by atoms with E-state index >= 15 is 0 Å². The van der Waals surface area contributed by atoms with Crippen LogP contribution in [0.4, 0.5) is 0 Å². The minimum atomic E-state index is 0. The smallest absolute Gasteiger partial charge is 0.0972 e. The fourth-order valence-electron chi connectivity index (χ4n) is 0.870. The molecule has 61 valence electrons. The van der Waals surface area contributed by atoms with E-state index in [0.29, 0.717) is 0 Å². The summed E-state index contributed by atoms with van der Waals surface area (Å²) in [4.78, 5) is 11.7. The molecule has 0 atom stereocenters. The zero-order chi connectivity index (χ0) is 8.23. The third kappa shape index (κ3) is 2.64. The van der Waals surface area contributed by atoms with Crippen LogP contribution < -0.4 is 0 Å². The summed E-state index contributed by atoms with van der Waals surface area (Å²) in [5, 5.41) is 0. The molecule has 1 radical (unpaired) electrons. The predicted molar refractivity (Wildman–Crippen MR) is 42.9 cm³/mol. The molecule has 0 N–H and O–H groups in total. The standard InChI is InChI=1S/C9H5N3.Y/c1-4-10-5-2-8(1)9-3-6-11-7-12-9;/h1,4-7H;/q-2;. The number of pyridine rings is 1. The molecular formula is C9H5N3Y-2. The van der Waals surface area contributed by atoms with E-state index in [9.17, 15) is 0 Å². The van der Waals surface area contributed by atoms with Crippen LogP contribution in [-0.2, 0) is 32.7 Å². The summed E-state index contributed by atoms with van der Waals surface area (Å²) in [6.45, 7) is 0. The summed E-state index contributed by atoms with van der Waals surface area (Å²) in [5.41, 5.74) is 1.62.